The topological polar surface area (TPSA) is 86.4 Å². The Bertz CT molecular complexity index is 911. The standard InChI is InChI=1S/C19H22N4O3/c1-12-4-5-15(10-13(12)2)16-11-17(21-19(26)20-16)18(25)23-8-6-22(7-9-23)14(3)24/h4-5,10-11H,6-9H2,1-3H3,(H,20,21,26). The van der Waals surface area contributed by atoms with Crippen LogP contribution in [0.2, 0.25) is 0 Å². The molecule has 7 nitrogen and oxygen atoms in total. The number of aryl methyl sites for hydroxylation is 2. The van der Waals surface area contributed by atoms with Crippen molar-refractivity contribution in [2.75, 3.05) is 26.2 Å². The summed E-state index contributed by atoms with van der Waals surface area (Å²) in [7, 11) is 0. The zero-order valence-corrected chi connectivity index (χ0v) is 15.2. The Labute approximate surface area is 151 Å². The van der Waals surface area contributed by atoms with E-state index < -0.39 is 5.69 Å². The molecule has 0 bridgehead atoms. The quantitative estimate of drug-likeness (QED) is 0.882. The van der Waals surface area contributed by atoms with Crippen LogP contribution in [-0.4, -0.2) is 57.8 Å². The van der Waals surface area contributed by atoms with Crippen molar-refractivity contribution in [2.45, 2.75) is 20.8 Å². The molecule has 2 amide bonds. The predicted molar refractivity (Wildman–Crippen MR) is 97.9 cm³/mol. The molecule has 0 saturated carbocycles. The Morgan fingerprint density at radius 1 is 1.00 bits per heavy atom. The van der Waals surface area contributed by atoms with Gasteiger partial charge < -0.3 is 14.8 Å². The number of hydrogen-bond acceptors (Lipinski definition) is 4. The third-order valence-corrected chi connectivity index (χ3v) is 4.79. The maximum absolute atomic E-state index is 12.8. The summed E-state index contributed by atoms with van der Waals surface area (Å²) in [6, 6.07) is 7.43. The average molecular weight is 354 g/mol. The number of amides is 2. The molecule has 1 aromatic carbocycles. The third kappa shape index (κ3) is 3.66. The first kappa shape index (κ1) is 17.8. The average Bonchev–Trinajstić information content (AvgIpc) is 2.63. The van der Waals surface area contributed by atoms with Gasteiger partial charge in [-0.1, -0.05) is 12.1 Å². The highest BCUT2D eigenvalue weighted by atomic mass is 16.2. The largest absolute Gasteiger partial charge is 0.346 e. The second-order valence-corrected chi connectivity index (χ2v) is 6.58. The molecule has 1 saturated heterocycles. The Balaban J connectivity index is 1.86. The van der Waals surface area contributed by atoms with Crippen LogP contribution >= 0.6 is 0 Å². The molecule has 1 N–H and O–H groups in total. The maximum Gasteiger partial charge on any atom is 0.346 e. The van der Waals surface area contributed by atoms with E-state index in [0.717, 1.165) is 16.7 Å². The molecule has 0 atom stereocenters. The number of carbonyl (C=O) groups excluding carboxylic acids is 2. The molecular weight excluding hydrogens is 332 g/mol. The van der Waals surface area contributed by atoms with E-state index in [2.05, 4.69) is 9.97 Å². The van der Waals surface area contributed by atoms with Crippen LogP contribution in [0.1, 0.15) is 28.5 Å². The molecule has 1 fully saturated rings. The maximum atomic E-state index is 12.8. The number of H-pyrrole nitrogens is 1. The molecule has 136 valence electrons. The molecule has 0 unspecified atom stereocenters. The first-order valence-electron chi connectivity index (χ1n) is 8.59. The Hall–Kier alpha value is -2.96. The lowest BCUT2D eigenvalue weighted by Gasteiger charge is -2.34. The number of aromatic amines is 1. The molecule has 1 aliphatic rings. The Kier molecular flexibility index (Phi) is 4.88. The van der Waals surface area contributed by atoms with Crippen LogP contribution in [0.5, 0.6) is 0 Å². The molecule has 0 aliphatic carbocycles. The fraction of sp³-hybridized carbons (Fsp3) is 0.368. The summed E-state index contributed by atoms with van der Waals surface area (Å²) in [5.74, 6) is -0.246. The van der Waals surface area contributed by atoms with Crippen LogP contribution in [0.3, 0.4) is 0 Å². The van der Waals surface area contributed by atoms with Gasteiger partial charge in [0.25, 0.3) is 5.91 Å². The van der Waals surface area contributed by atoms with Crippen molar-refractivity contribution < 1.29 is 9.59 Å². The zero-order chi connectivity index (χ0) is 18.8. The molecule has 26 heavy (non-hydrogen) atoms. The molecule has 1 aromatic heterocycles. The molecule has 0 spiro atoms. The van der Waals surface area contributed by atoms with Gasteiger partial charge in [0.15, 0.2) is 0 Å². The minimum absolute atomic E-state index is 0.00597. The highest BCUT2D eigenvalue weighted by Crippen LogP contribution is 2.20. The lowest BCUT2D eigenvalue weighted by Crippen LogP contribution is -2.50. The SMILES string of the molecule is CC(=O)N1CCN(C(=O)c2cc(-c3ccc(C)c(C)c3)nc(=O)[nH]2)CC1. The van der Waals surface area contributed by atoms with E-state index >= 15 is 0 Å². The van der Waals surface area contributed by atoms with Gasteiger partial charge >= 0.3 is 5.69 Å². The fourth-order valence-electron chi connectivity index (χ4n) is 3.02. The molecule has 1 aliphatic heterocycles. The van der Waals surface area contributed by atoms with E-state index in [-0.39, 0.29) is 17.5 Å². The van der Waals surface area contributed by atoms with Gasteiger partial charge in [-0.2, -0.15) is 4.98 Å². The Morgan fingerprint density at radius 2 is 1.65 bits per heavy atom. The van der Waals surface area contributed by atoms with Gasteiger partial charge in [0.2, 0.25) is 5.91 Å². The van der Waals surface area contributed by atoms with Gasteiger partial charge in [-0.3, -0.25) is 9.59 Å². The normalized spacial score (nSPS) is 14.4. The van der Waals surface area contributed by atoms with E-state index in [4.69, 9.17) is 0 Å². The second kappa shape index (κ2) is 7.11. The minimum atomic E-state index is -0.550. The van der Waals surface area contributed by atoms with E-state index in [9.17, 15) is 14.4 Å². The van der Waals surface area contributed by atoms with Gasteiger partial charge in [0.1, 0.15) is 5.69 Å². The third-order valence-electron chi connectivity index (χ3n) is 4.79. The van der Waals surface area contributed by atoms with Gasteiger partial charge in [-0.25, -0.2) is 4.79 Å². The van der Waals surface area contributed by atoms with Crippen molar-refractivity contribution >= 4 is 11.8 Å². The molecule has 2 heterocycles. The van der Waals surface area contributed by atoms with Crippen LogP contribution in [0, 0.1) is 13.8 Å². The van der Waals surface area contributed by atoms with Crippen molar-refractivity contribution in [3.05, 3.63) is 51.6 Å². The molecular formula is C19H22N4O3. The fourth-order valence-corrected chi connectivity index (χ4v) is 3.02. The van der Waals surface area contributed by atoms with Crippen LogP contribution in [0.25, 0.3) is 11.3 Å². The first-order valence-corrected chi connectivity index (χ1v) is 8.59. The van der Waals surface area contributed by atoms with Crippen LogP contribution in [0.4, 0.5) is 0 Å². The van der Waals surface area contributed by atoms with Crippen molar-refractivity contribution in [3.63, 3.8) is 0 Å². The van der Waals surface area contributed by atoms with E-state index in [1.54, 1.807) is 15.9 Å². The summed E-state index contributed by atoms with van der Waals surface area (Å²) in [5, 5.41) is 0. The van der Waals surface area contributed by atoms with Gasteiger partial charge in [0.05, 0.1) is 5.69 Å². The summed E-state index contributed by atoms with van der Waals surface area (Å²) >= 11 is 0. The lowest BCUT2D eigenvalue weighted by atomic mass is 10.0. The number of carbonyl (C=O) groups is 2. The number of nitrogens with zero attached hydrogens (tertiary/aromatic N) is 3. The summed E-state index contributed by atoms with van der Waals surface area (Å²) < 4.78 is 0. The van der Waals surface area contributed by atoms with E-state index in [0.29, 0.717) is 31.9 Å². The van der Waals surface area contributed by atoms with Crippen molar-refractivity contribution in [1.29, 1.82) is 0 Å². The van der Waals surface area contributed by atoms with E-state index in [1.807, 2.05) is 32.0 Å². The second-order valence-electron chi connectivity index (χ2n) is 6.58. The van der Waals surface area contributed by atoms with Gasteiger partial charge in [-0.05, 0) is 37.1 Å². The first-order chi connectivity index (χ1) is 12.3. The van der Waals surface area contributed by atoms with Gasteiger partial charge in [0, 0.05) is 38.7 Å². The number of hydrogen-bond donors (Lipinski definition) is 1. The molecule has 0 radical (unpaired) electrons. The number of nitrogens with one attached hydrogen (secondary N) is 1. The molecule has 2 aromatic rings. The summed E-state index contributed by atoms with van der Waals surface area (Å²) in [6.45, 7) is 7.42. The summed E-state index contributed by atoms with van der Waals surface area (Å²) in [4.78, 5) is 46.0. The molecule has 3 rings (SSSR count). The van der Waals surface area contributed by atoms with Crippen molar-refractivity contribution in [1.82, 2.24) is 19.8 Å². The van der Waals surface area contributed by atoms with Crippen LogP contribution in [-0.2, 0) is 4.79 Å². The molecule has 7 heteroatoms. The monoisotopic (exact) mass is 354 g/mol. The lowest BCUT2D eigenvalue weighted by molar-refractivity contribution is -0.130. The number of rotatable bonds is 2. The highest BCUT2D eigenvalue weighted by molar-refractivity contribution is 5.93. The summed E-state index contributed by atoms with van der Waals surface area (Å²) in [6.07, 6.45) is 0. The predicted octanol–water partition coefficient (Wildman–Crippen LogP) is 1.36. The van der Waals surface area contributed by atoms with E-state index in [1.165, 1.54) is 6.92 Å². The zero-order valence-electron chi connectivity index (χ0n) is 15.2. The Morgan fingerprint density at radius 3 is 2.27 bits per heavy atom. The van der Waals surface area contributed by atoms with Crippen molar-refractivity contribution in [2.24, 2.45) is 0 Å². The summed E-state index contributed by atoms with van der Waals surface area (Å²) in [5.41, 5.74) is 3.19. The highest BCUT2D eigenvalue weighted by Gasteiger charge is 2.24. The smallest absolute Gasteiger partial charge is 0.339 e. The van der Waals surface area contributed by atoms with Crippen molar-refractivity contribution in [3.8, 4) is 11.3 Å². The number of piperazine rings is 1. The number of aromatic nitrogens is 2. The minimum Gasteiger partial charge on any atom is -0.339 e. The number of benzene rings is 1. The van der Waals surface area contributed by atoms with Crippen LogP contribution in [0.15, 0.2) is 29.1 Å². The van der Waals surface area contributed by atoms with Gasteiger partial charge in [-0.15, -0.1) is 0 Å². The van der Waals surface area contributed by atoms with Crippen LogP contribution < -0.4 is 5.69 Å².